The van der Waals surface area contributed by atoms with E-state index in [9.17, 15) is 5.11 Å². The van der Waals surface area contributed by atoms with Gasteiger partial charge in [-0.25, -0.2) is 0 Å². The van der Waals surface area contributed by atoms with Crippen LogP contribution in [0.1, 0.15) is 36.6 Å². The van der Waals surface area contributed by atoms with Crippen molar-refractivity contribution in [3.05, 3.63) is 143 Å². The van der Waals surface area contributed by atoms with E-state index in [1.165, 1.54) is 33.2 Å². The molecular weight excluding hydrogens is 376 g/mol. The van der Waals surface area contributed by atoms with Gasteiger partial charge in [-0.2, -0.15) is 0 Å². The van der Waals surface area contributed by atoms with Gasteiger partial charge in [-0.3, -0.25) is 0 Å². The maximum atomic E-state index is 11.2. The van der Waals surface area contributed by atoms with Crippen molar-refractivity contribution < 1.29 is 5.11 Å². The molecule has 0 radical (unpaired) electrons. The number of benzene rings is 4. The largest absolute Gasteiger partial charge is 0.384 e. The van der Waals surface area contributed by atoms with Gasteiger partial charge in [0.05, 0.1) is 11.5 Å². The maximum absolute atomic E-state index is 11.2. The van der Waals surface area contributed by atoms with Crippen LogP contribution >= 0.6 is 0 Å². The SMILES string of the molecule is CC(C)=C1/C(=C/C(O)c2ccc3ccccc3c2)C1(c1ccccc1)c1ccccc1. The van der Waals surface area contributed by atoms with Crippen molar-refractivity contribution in [2.45, 2.75) is 25.4 Å². The first-order valence-corrected chi connectivity index (χ1v) is 10.8. The number of hydrogen-bond acceptors (Lipinski definition) is 1. The van der Waals surface area contributed by atoms with Crippen LogP contribution in [0.2, 0.25) is 0 Å². The average Bonchev–Trinajstić information content (AvgIpc) is 3.49. The van der Waals surface area contributed by atoms with E-state index in [0.29, 0.717) is 0 Å². The highest BCUT2D eigenvalue weighted by atomic mass is 16.3. The van der Waals surface area contributed by atoms with Gasteiger partial charge in [0.1, 0.15) is 0 Å². The lowest BCUT2D eigenvalue weighted by molar-refractivity contribution is 0.228. The van der Waals surface area contributed by atoms with Gasteiger partial charge in [-0.05, 0) is 64.6 Å². The van der Waals surface area contributed by atoms with Gasteiger partial charge in [0.25, 0.3) is 0 Å². The number of fused-ring (bicyclic) bond motifs is 1. The second-order valence-electron chi connectivity index (χ2n) is 8.49. The van der Waals surface area contributed by atoms with Gasteiger partial charge >= 0.3 is 0 Å². The molecule has 1 fully saturated rings. The molecule has 0 saturated heterocycles. The molecular formula is C30H26O. The van der Waals surface area contributed by atoms with Crippen LogP contribution in [0.15, 0.2) is 126 Å². The summed E-state index contributed by atoms with van der Waals surface area (Å²) in [5, 5.41) is 13.5. The summed E-state index contributed by atoms with van der Waals surface area (Å²) >= 11 is 0. The predicted octanol–water partition coefficient (Wildman–Crippen LogP) is 7.14. The molecule has 1 N–H and O–H groups in total. The van der Waals surface area contributed by atoms with E-state index in [1.54, 1.807) is 0 Å². The van der Waals surface area contributed by atoms with Crippen molar-refractivity contribution in [1.82, 2.24) is 0 Å². The fourth-order valence-electron chi connectivity index (χ4n) is 4.94. The van der Waals surface area contributed by atoms with Crippen molar-refractivity contribution in [2.24, 2.45) is 0 Å². The predicted molar refractivity (Wildman–Crippen MR) is 129 cm³/mol. The van der Waals surface area contributed by atoms with Gasteiger partial charge < -0.3 is 5.11 Å². The van der Waals surface area contributed by atoms with Crippen molar-refractivity contribution >= 4 is 10.8 Å². The molecule has 31 heavy (non-hydrogen) atoms. The van der Waals surface area contributed by atoms with Gasteiger partial charge in [0.15, 0.2) is 0 Å². The lowest BCUT2D eigenvalue weighted by Crippen LogP contribution is -2.10. The highest BCUT2D eigenvalue weighted by Gasteiger charge is 2.57. The van der Waals surface area contributed by atoms with Crippen LogP contribution in [0.25, 0.3) is 10.8 Å². The van der Waals surface area contributed by atoms with E-state index in [4.69, 9.17) is 0 Å². The monoisotopic (exact) mass is 402 g/mol. The van der Waals surface area contributed by atoms with E-state index in [1.807, 2.05) is 24.3 Å². The molecule has 4 aromatic rings. The summed E-state index contributed by atoms with van der Waals surface area (Å²) < 4.78 is 0. The lowest BCUT2D eigenvalue weighted by atomic mass is 9.85. The molecule has 1 aliphatic rings. The summed E-state index contributed by atoms with van der Waals surface area (Å²) in [4.78, 5) is 0. The zero-order chi connectivity index (χ0) is 21.4. The Kier molecular flexibility index (Phi) is 4.84. The Hall–Kier alpha value is -3.42. The smallest absolute Gasteiger partial charge is 0.0978 e. The third-order valence-corrected chi connectivity index (χ3v) is 6.34. The first-order valence-electron chi connectivity index (χ1n) is 10.8. The molecule has 0 aliphatic heterocycles. The van der Waals surface area contributed by atoms with Crippen molar-refractivity contribution in [3.8, 4) is 0 Å². The Morgan fingerprint density at radius 3 is 1.84 bits per heavy atom. The summed E-state index contributed by atoms with van der Waals surface area (Å²) in [7, 11) is 0. The molecule has 5 rings (SSSR count). The summed E-state index contributed by atoms with van der Waals surface area (Å²) in [6.07, 6.45) is 1.38. The Bertz CT molecular complexity index is 1250. The molecule has 0 heterocycles. The van der Waals surface area contributed by atoms with Gasteiger partial charge in [0, 0.05) is 0 Å². The third-order valence-electron chi connectivity index (χ3n) is 6.34. The Balaban J connectivity index is 1.66. The Labute approximate surface area is 184 Å². The van der Waals surface area contributed by atoms with Gasteiger partial charge in [0.2, 0.25) is 0 Å². The molecule has 1 nitrogen and oxygen atoms in total. The molecule has 1 heteroatoms. The van der Waals surface area contributed by atoms with Crippen molar-refractivity contribution in [3.63, 3.8) is 0 Å². The molecule has 4 aromatic carbocycles. The summed E-state index contributed by atoms with van der Waals surface area (Å²) in [6, 6.07) is 35.7. The zero-order valence-electron chi connectivity index (χ0n) is 17.9. The number of rotatable bonds is 4. The number of allylic oxidation sites excluding steroid dienone is 3. The van der Waals surface area contributed by atoms with E-state index in [-0.39, 0.29) is 5.41 Å². The first kappa shape index (κ1) is 19.5. The molecule has 152 valence electrons. The summed E-state index contributed by atoms with van der Waals surface area (Å²) in [5.41, 5.74) is 6.91. The number of aliphatic hydroxyl groups is 1. The number of aliphatic hydroxyl groups excluding tert-OH is 1. The zero-order valence-corrected chi connectivity index (χ0v) is 17.9. The molecule has 0 bridgehead atoms. The second kappa shape index (κ2) is 7.68. The van der Waals surface area contributed by atoms with Crippen LogP contribution < -0.4 is 0 Å². The van der Waals surface area contributed by atoms with E-state index in [2.05, 4.69) is 98.8 Å². The normalized spacial score (nSPS) is 17.0. The van der Waals surface area contributed by atoms with E-state index in [0.717, 1.165) is 10.9 Å². The van der Waals surface area contributed by atoms with E-state index >= 15 is 0 Å². The summed E-state index contributed by atoms with van der Waals surface area (Å²) in [5.74, 6) is 0. The third kappa shape index (κ3) is 3.22. The molecule has 1 aliphatic carbocycles. The minimum atomic E-state index is -0.664. The van der Waals surface area contributed by atoms with E-state index < -0.39 is 6.10 Å². The van der Waals surface area contributed by atoms with Gasteiger partial charge in [-0.15, -0.1) is 0 Å². The van der Waals surface area contributed by atoms with Gasteiger partial charge in [-0.1, -0.05) is 103 Å². The van der Waals surface area contributed by atoms with Crippen molar-refractivity contribution in [2.75, 3.05) is 0 Å². The maximum Gasteiger partial charge on any atom is 0.0978 e. The topological polar surface area (TPSA) is 20.2 Å². The minimum Gasteiger partial charge on any atom is -0.384 e. The molecule has 0 amide bonds. The molecule has 1 unspecified atom stereocenters. The lowest BCUT2D eigenvalue weighted by Gasteiger charge is -2.17. The number of hydrogen-bond donors (Lipinski definition) is 1. The minimum absolute atomic E-state index is 0.292. The molecule has 0 spiro atoms. The molecule has 1 saturated carbocycles. The average molecular weight is 403 g/mol. The molecule has 0 aromatic heterocycles. The first-order chi connectivity index (χ1) is 15.1. The van der Waals surface area contributed by atoms with Crippen molar-refractivity contribution in [1.29, 1.82) is 0 Å². The fourth-order valence-corrected chi connectivity index (χ4v) is 4.94. The second-order valence-corrected chi connectivity index (χ2v) is 8.49. The standard InChI is InChI=1S/C30H26O/c1-21(2)29-27(20-28(31)24-18-17-22-11-9-10-12-23(22)19-24)30(29,25-13-5-3-6-14-25)26-15-7-4-8-16-26/h3-20,28,31H,1-2H3/b27-20-. The van der Waals surface area contributed by atoms with Crippen LogP contribution in [0.3, 0.4) is 0 Å². The van der Waals surface area contributed by atoms with Crippen LogP contribution in [-0.4, -0.2) is 5.11 Å². The van der Waals surface area contributed by atoms with Crippen LogP contribution in [-0.2, 0) is 5.41 Å². The Morgan fingerprint density at radius 2 is 1.26 bits per heavy atom. The quantitative estimate of drug-likeness (QED) is 0.385. The van der Waals surface area contributed by atoms with Crippen LogP contribution in [0.5, 0.6) is 0 Å². The highest BCUT2D eigenvalue weighted by molar-refractivity contribution is 5.84. The highest BCUT2D eigenvalue weighted by Crippen LogP contribution is 2.65. The molecule has 1 atom stereocenters. The fraction of sp³-hybridized carbons (Fsp3) is 0.133. The van der Waals surface area contributed by atoms with Crippen LogP contribution in [0.4, 0.5) is 0 Å². The Morgan fingerprint density at radius 1 is 0.710 bits per heavy atom. The van der Waals surface area contributed by atoms with Crippen LogP contribution in [0, 0.1) is 0 Å². The summed E-state index contributed by atoms with van der Waals surface area (Å²) in [6.45, 7) is 4.33.